The van der Waals surface area contributed by atoms with Crippen LogP contribution in [-0.2, 0) is 4.79 Å². The first-order chi connectivity index (χ1) is 11.9. The van der Waals surface area contributed by atoms with Crippen molar-refractivity contribution in [3.05, 3.63) is 68.7 Å². The molecule has 0 heterocycles. The number of hydrazone groups is 1. The molecule has 0 saturated carbocycles. The predicted octanol–water partition coefficient (Wildman–Crippen LogP) is 3.47. The molecule has 25 heavy (non-hydrogen) atoms. The summed E-state index contributed by atoms with van der Waals surface area (Å²) in [5.74, 6) is 0.103. The molecule has 1 atom stereocenters. The third-order valence-electron chi connectivity index (χ3n) is 3.28. The minimum absolute atomic E-state index is 0.0507. The second-order valence-corrected chi connectivity index (χ2v) is 5.69. The van der Waals surface area contributed by atoms with Gasteiger partial charge >= 0.3 is 0 Å². The maximum atomic E-state index is 12.0. The number of aryl methyl sites for hydroxylation is 1. The molecular weight excluding hydrogens is 346 g/mol. The van der Waals surface area contributed by atoms with Crippen molar-refractivity contribution in [1.29, 1.82) is 0 Å². The van der Waals surface area contributed by atoms with Crippen LogP contribution in [0.1, 0.15) is 18.1 Å². The quantitative estimate of drug-likeness (QED) is 0.484. The Hall–Kier alpha value is -2.93. The summed E-state index contributed by atoms with van der Waals surface area (Å²) in [6.07, 6.45) is 0.549. The summed E-state index contributed by atoms with van der Waals surface area (Å²) in [5, 5.41) is 15.1. The molecule has 0 spiro atoms. The highest BCUT2D eigenvalue weighted by Gasteiger charge is 2.15. The summed E-state index contributed by atoms with van der Waals surface area (Å²) in [6, 6.07) is 11.0. The van der Waals surface area contributed by atoms with Crippen molar-refractivity contribution in [2.24, 2.45) is 5.10 Å². The lowest BCUT2D eigenvalue weighted by atomic mass is 10.2. The van der Waals surface area contributed by atoms with Crippen LogP contribution in [0.5, 0.6) is 5.75 Å². The number of nitro groups is 1. The van der Waals surface area contributed by atoms with E-state index in [0.29, 0.717) is 16.3 Å². The summed E-state index contributed by atoms with van der Waals surface area (Å²) in [5.41, 5.74) is 3.60. The van der Waals surface area contributed by atoms with Gasteiger partial charge < -0.3 is 4.74 Å². The van der Waals surface area contributed by atoms with Gasteiger partial charge in [-0.1, -0.05) is 23.7 Å². The zero-order valence-corrected chi connectivity index (χ0v) is 14.4. The van der Waals surface area contributed by atoms with E-state index in [9.17, 15) is 14.9 Å². The Morgan fingerprint density at radius 3 is 2.80 bits per heavy atom. The number of rotatable bonds is 6. The Morgan fingerprint density at radius 2 is 2.12 bits per heavy atom. The molecular formula is C17H16ClN3O4. The first-order valence-corrected chi connectivity index (χ1v) is 7.75. The van der Waals surface area contributed by atoms with E-state index in [1.165, 1.54) is 24.4 Å². The third-order valence-corrected chi connectivity index (χ3v) is 3.51. The summed E-state index contributed by atoms with van der Waals surface area (Å²) in [6.45, 7) is 3.42. The molecule has 0 unspecified atom stereocenters. The van der Waals surface area contributed by atoms with E-state index in [-0.39, 0.29) is 5.69 Å². The van der Waals surface area contributed by atoms with Gasteiger partial charge in [0.1, 0.15) is 5.75 Å². The van der Waals surface area contributed by atoms with Gasteiger partial charge in [-0.15, -0.1) is 0 Å². The summed E-state index contributed by atoms with van der Waals surface area (Å²) >= 11 is 5.88. The molecule has 7 nitrogen and oxygen atoms in total. The van der Waals surface area contributed by atoms with Gasteiger partial charge in [-0.3, -0.25) is 14.9 Å². The van der Waals surface area contributed by atoms with E-state index in [4.69, 9.17) is 16.3 Å². The molecule has 1 N–H and O–H groups in total. The maximum absolute atomic E-state index is 12.0. The fourth-order valence-electron chi connectivity index (χ4n) is 1.97. The summed E-state index contributed by atoms with van der Waals surface area (Å²) in [7, 11) is 0. The van der Waals surface area contributed by atoms with E-state index in [1.807, 2.05) is 6.92 Å². The first kappa shape index (κ1) is 18.4. The molecule has 0 radical (unpaired) electrons. The van der Waals surface area contributed by atoms with Crippen molar-refractivity contribution in [2.45, 2.75) is 20.0 Å². The number of nitrogens with zero attached hydrogens (tertiary/aromatic N) is 2. The summed E-state index contributed by atoms with van der Waals surface area (Å²) < 4.78 is 5.58. The monoisotopic (exact) mass is 361 g/mol. The number of nitrogens with one attached hydrogen (secondary N) is 1. The molecule has 0 aliphatic carbocycles. The lowest BCUT2D eigenvalue weighted by Gasteiger charge is -2.14. The molecule has 0 aliphatic rings. The molecule has 0 bridgehead atoms. The number of amides is 1. The number of carbonyl (C=O) groups excluding carboxylic acids is 1. The van der Waals surface area contributed by atoms with E-state index in [2.05, 4.69) is 10.5 Å². The predicted molar refractivity (Wildman–Crippen MR) is 95.1 cm³/mol. The van der Waals surface area contributed by atoms with Crippen LogP contribution in [-0.4, -0.2) is 23.1 Å². The zero-order valence-electron chi connectivity index (χ0n) is 13.6. The maximum Gasteiger partial charge on any atom is 0.280 e. The highest BCUT2D eigenvalue weighted by Crippen LogP contribution is 2.22. The number of benzene rings is 2. The van der Waals surface area contributed by atoms with Gasteiger partial charge in [-0.05, 0) is 37.6 Å². The average molecular weight is 362 g/mol. The standard InChI is InChI=1S/C17H16ClN3O4/c1-11-8-14(18)6-7-16(11)25-12(2)17(22)20-19-10-13-4-3-5-15(9-13)21(23)24/h3-10,12H,1-2H3,(H,20,22)/t12-/m0/s1. The number of carbonyl (C=O) groups is 1. The van der Waals surface area contributed by atoms with E-state index < -0.39 is 16.9 Å². The molecule has 0 saturated heterocycles. The van der Waals surface area contributed by atoms with Crippen LogP contribution in [0, 0.1) is 17.0 Å². The van der Waals surface area contributed by atoms with Crippen LogP contribution in [0.15, 0.2) is 47.6 Å². The van der Waals surface area contributed by atoms with Gasteiger partial charge in [-0.25, -0.2) is 5.43 Å². The molecule has 2 aromatic rings. The van der Waals surface area contributed by atoms with Gasteiger partial charge in [0, 0.05) is 22.7 Å². The Morgan fingerprint density at radius 1 is 1.36 bits per heavy atom. The second-order valence-electron chi connectivity index (χ2n) is 5.26. The SMILES string of the molecule is Cc1cc(Cl)ccc1O[C@@H](C)C(=O)NN=Cc1cccc([N+](=O)[O-])c1. The van der Waals surface area contributed by atoms with Crippen LogP contribution in [0.25, 0.3) is 0 Å². The van der Waals surface area contributed by atoms with Gasteiger partial charge in [0.25, 0.3) is 11.6 Å². The van der Waals surface area contributed by atoms with E-state index in [0.717, 1.165) is 5.56 Å². The minimum atomic E-state index is -0.776. The zero-order chi connectivity index (χ0) is 18.4. The molecule has 2 rings (SSSR count). The highest BCUT2D eigenvalue weighted by molar-refractivity contribution is 6.30. The molecule has 8 heteroatoms. The number of hydrogen-bond donors (Lipinski definition) is 1. The van der Waals surface area contributed by atoms with E-state index in [1.54, 1.807) is 31.2 Å². The highest BCUT2D eigenvalue weighted by atomic mass is 35.5. The number of ether oxygens (including phenoxy) is 1. The van der Waals surface area contributed by atoms with Gasteiger partial charge in [0.2, 0.25) is 0 Å². The Labute approximate surface area is 149 Å². The largest absolute Gasteiger partial charge is 0.481 e. The lowest BCUT2D eigenvalue weighted by molar-refractivity contribution is -0.384. The van der Waals surface area contributed by atoms with Crippen molar-refractivity contribution >= 4 is 29.4 Å². The van der Waals surface area contributed by atoms with Crippen LogP contribution >= 0.6 is 11.6 Å². The average Bonchev–Trinajstić information content (AvgIpc) is 2.57. The smallest absolute Gasteiger partial charge is 0.280 e. The van der Waals surface area contributed by atoms with Gasteiger partial charge in [0.15, 0.2) is 6.10 Å². The molecule has 0 aromatic heterocycles. The van der Waals surface area contributed by atoms with Gasteiger partial charge in [0.05, 0.1) is 11.1 Å². The molecule has 1 amide bonds. The summed E-state index contributed by atoms with van der Waals surface area (Å²) in [4.78, 5) is 22.2. The molecule has 0 fully saturated rings. The topological polar surface area (TPSA) is 93.8 Å². The third kappa shape index (κ3) is 5.29. The molecule has 130 valence electrons. The van der Waals surface area contributed by atoms with Crippen molar-refractivity contribution in [2.75, 3.05) is 0 Å². The van der Waals surface area contributed by atoms with Crippen molar-refractivity contribution < 1.29 is 14.5 Å². The van der Waals surface area contributed by atoms with Gasteiger partial charge in [-0.2, -0.15) is 5.10 Å². The lowest BCUT2D eigenvalue weighted by Crippen LogP contribution is -2.33. The molecule has 0 aliphatic heterocycles. The van der Waals surface area contributed by atoms with Crippen LogP contribution in [0.4, 0.5) is 5.69 Å². The normalized spacial score (nSPS) is 12.0. The van der Waals surface area contributed by atoms with E-state index >= 15 is 0 Å². The van der Waals surface area contributed by atoms with Crippen molar-refractivity contribution in [1.82, 2.24) is 5.43 Å². The second kappa shape index (κ2) is 8.25. The van der Waals surface area contributed by atoms with Crippen LogP contribution in [0.2, 0.25) is 5.02 Å². The fourth-order valence-corrected chi connectivity index (χ4v) is 2.20. The Balaban J connectivity index is 1.95. The number of hydrogen-bond acceptors (Lipinski definition) is 5. The van der Waals surface area contributed by atoms with Crippen LogP contribution in [0.3, 0.4) is 0 Å². The number of non-ortho nitro benzene ring substituents is 1. The van der Waals surface area contributed by atoms with Crippen molar-refractivity contribution in [3.63, 3.8) is 0 Å². The Bertz CT molecular complexity index is 823. The molecule has 2 aromatic carbocycles. The number of halogens is 1. The number of nitro benzene ring substituents is 1. The van der Waals surface area contributed by atoms with Crippen molar-refractivity contribution in [3.8, 4) is 5.75 Å². The fraction of sp³-hybridized carbons (Fsp3) is 0.176. The Kier molecular flexibility index (Phi) is 6.08. The van der Waals surface area contributed by atoms with Crippen LogP contribution < -0.4 is 10.2 Å². The first-order valence-electron chi connectivity index (χ1n) is 7.37. The minimum Gasteiger partial charge on any atom is -0.481 e.